The second-order valence-corrected chi connectivity index (χ2v) is 5.45. The zero-order chi connectivity index (χ0) is 12.8. The maximum absolute atomic E-state index is 11.7. The van der Waals surface area contributed by atoms with E-state index in [4.69, 9.17) is 10.8 Å². The Kier molecular flexibility index (Phi) is 5.77. The van der Waals surface area contributed by atoms with Crippen molar-refractivity contribution in [3.05, 3.63) is 0 Å². The Balaban J connectivity index is 2.45. The number of hydrogen-bond donors (Lipinski definition) is 3. The van der Waals surface area contributed by atoms with Crippen molar-refractivity contribution in [3.63, 3.8) is 0 Å². The number of nitrogens with one attached hydrogen (secondary N) is 1. The molecule has 1 rings (SSSR count). The zero-order valence-corrected chi connectivity index (χ0v) is 10.8. The van der Waals surface area contributed by atoms with Gasteiger partial charge in [0.2, 0.25) is 5.91 Å². The Labute approximate surface area is 106 Å². The summed E-state index contributed by atoms with van der Waals surface area (Å²) in [5.74, 6) is -1.39. The highest BCUT2D eigenvalue weighted by Gasteiger charge is 2.27. The lowest BCUT2D eigenvalue weighted by atomic mass is 9.94. The van der Waals surface area contributed by atoms with Crippen molar-refractivity contribution in [1.82, 2.24) is 5.32 Å². The molecule has 1 saturated carbocycles. The highest BCUT2D eigenvalue weighted by atomic mass is 32.2. The van der Waals surface area contributed by atoms with Crippen LogP contribution in [-0.4, -0.2) is 40.6 Å². The second-order valence-electron chi connectivity index (χ2n) is 4.38. The van der Waals surface area contributed by atoms with Crippen molar-refractivity contribution in [1.29, 1.82) is 0 Å². The minimum Gasteiger partial charge on any atom is -0.481 e. The molecule has 0 aliphatic heterocycles. The fourth-order valence-corrected chi connectivity index (χ4v) is 3.05. The summed E-state index contributed by atoms with van der Waals surface area (Å²) in [6.07, 6.45) is 6.07. The topological polar surface area (TPSA) is 92.4 Å². The molecule has 1 aliphatic rings. The van der Waals surface area contributed by atoms with Crippen LogP contribution in [-0.2, 0) is 9.59 Å². The van der Waals surface area contributed by atoms with Crippen LogP contribution in [0, 0.1) is 0 Å². The van der Waals surface area contributed by atoms with Crippen LogP contribution in [0.1, 0.15) is 32.1 Å². The third-order valence-electron chi connectivity index (χ3n) is 3.06. The Morgan fingerprint density at radius 1 is 1.47 bits per heavy atom. The van der Waals surface area contributed by atoms with Crippen LogP contribution in [0.2, 0.25) is 0 Å². The van der Waals surface area contributed by atoms with Gasteiger partial charge >= 0.3 is 5.97 Å². The van der Waals surface area contributed by atoms with E-state index in [-0.39, 0.29) is 18.4 Å². The molecule has 1 aliphatic carbocycles. The van der Waals surface area contributed by atoms with Crippen LogP contribution in [0.15, 0.2) is 0 Å². The molecule has 1 fully saturated rings. The number of nitrogens with two attached hydrogens (primary N) is 1. The Bertz CT molecular complexity index is 286. The quantitative estimate of drug-likeness (QED) is 0.672. The van der Waals surface area contributed by atoms with Gasteiger partial charge in [0, 0.05) is 11.3 Å². The highest BCUT2D eigenvalue weighted by Crippen LogP contribution is 2.27. The molecule has 6 heteroatoms. The van der Waals surface area contributed by atoms with Gasteiger partial charge in [0.25, 0.3) is 0 Å². The number of thioether (sulfide) groups is 1. The Morgan fingerprint density at radius 2 is 2.12 bits per heavy atom. The molecule has 0 bridgehead atoms. The van der Waals surface area contributed by atoms with Gasteiger partial charge in [-0.15, -0.1) is 0 Å². The molecule has 17 heavy (non-hydrogen) atoms. The standard InChI is InChI=1S/C11H20N2O3S/c1-17-9-5-3-2-4-8(9)13-11(16)7(12)6-10(14)15/h7-9H,2-6,12H2,1H3,(H,13,16)(H,14,15). The minimum absolute atomic E-state index is 0.131. The number of carboxylic acid groups (broad SMARTS) is 1. The van der Waals surface area contributed by atoms with E-state index in [2.05, 4.69) is 5.32 Å². The molecule has 4 N–H and O–H groups in total. The van der Waals surface area contributed by atoms with Gasteiger partial charge in [0.1, 0.15) is 0 Å². The molecule has 98 valence electrons. The molecule has 0 saturated heterocycles. The van der Waals surface area contributed by atoms with E-state index in [1.165, 1.54) is 6.42 Å². The van der Waals surface area contributed by atoms with Crippen molar-refractivity contribution in [2.24, 2.45) is 5.73 Å². The summed E-state index contributed by atoms with van der Waals surface area (Å²) in [7, 11) is 0. The SMILES string of the molecule is CSC1CCCCC1NC(=O)C(N)CC(=O)O. The highest BCUT2D eigenvalue weighted by molar-refractivity contribution is 7.99. The summed E-state index contributed by atoms with van der Waals surface area (Å²) in [6, 6.07) is -0.817. The molecule has 0 radical (unpaired) electrons. The molecule has 5 nitrogen and oxygen atoms in total. The monoisotopic (exact) mass is 260 g/mol. The third-order valence-corrected chi connectivity index (χ3v) is 4.23. The summed E-state index contributed by atoms with van der Waals surface area (Å²) in [5, 5.41) is 11.9. The molecule has 0 aromatic carbocycles. The number of rotatable bonds is 5. The Morgan fingerprint density at radius 3 is 2.71 bits per heavy atom. The van der Waals surface area contributed by atoms with Crippen molar-refractivity contribution in [2.75, 3.05) is 6.26 Å². The first-order valence-corrected chi connectivity index (χ1v) is 7.14. The van der Waals surface area contributed by atoms with Gasteiger partial charge in [-0.3, -0.25) is 9.59 Å². The number of amides is 1. The van der Waals surface area contributed by atoms with E-state index in [0.717, 1.165) is 19.3 Å². The number of hydrogen-bond acceptors (Lipinski definition) is 4. The summed E-state index contributed by atoms with van der Waals surface area (Å²) in [5.41, 5.74) is 5.52. The van der Waals surface area contributed by atoms with Gasteiger partial charge in [-0.2, -0.15) is 11.8 Å². The van der Waals surface area contributed by atoms with Gasteiger partial charge in [0.05, 0.1) is 12.5 Å². The van der Waals surface area contributed by atoms with Crippen molar-refractivity contribution >= 4 is 23.6 Å². The number of aliphatic carboxylic acids is 1. The van der Waals surface area contributed by atoms with Crippen LogP contribution in [0.25, 0.3) is 0 Å². The van der Waals surface area contributed by atoms with E-state index < -0.39 is 12.0 Å². The van der Waals surface area contributed by atoms with Crippen LogP contribution < -0.4 is 11.1 Å². The van der Waals surface area contributed by atoms with E-state index in [9.17, 15) is 9.59 Å². The van der Waals surface area contributed by atoms with Crippen molar-refractivity contribution in [3.8, 4) is 0 Å². The third kappa shape index (κ3) is 4.55. The molecular weight excluding hydrogens is 240 g/mol. The molecule has 1 amide bonds. The molecule has 3 unspecified atom stereocenters. The molecule has 0 aromatic heterocycles. The van der Waals surface area contributed by atoms with E-state index in [1.807, 2.05) is 6.26 Å². The second kappa shape index (κ2) is 6.86. The summed E-state index contributed by atoms with van der Waals surface area (Å²) < 4.78 is 0. The van der Waals surface area contributed by atoms with Crippen LogP contribution in [0.4, 0.5) is 0 Å². The van der Waals surface area contributed by atoms with Crippen molar-refractivity contribution in [2.45, 2.75) is 49.4 Å². The summed E-state index contributed by atoms with van der Waals surface area (Å²) in [4.78, 5) is 22.2. The van der Waals surface area contributed by atoms with Gasteiger partial charge in [0.15, 0.2) is 0 Å². The lowest BCUT2D eigenvalue weighted by Crippen LogP contribution is -2.50. The predicted octanol–water partition coefficient (Wildman–Crippen LogP) is 0.579. The largest absolute Gasteiger partial charge is 0.481 e. The maximum atomic E-state index is 11.7. The maximum Gasteiger partial charge on any atom is 0.305 e. The van der Waals surface area contributed by atoms with Crippen molar-refractivity contribution < 1.29 is 14.7 Å². The van der Waals surface area contributed by atoms with Crippen LogP contribution in [0.3, 0.4) is 0 Å². The smallest absolute Gasteiger partial charge is 0.305 e. The molecular formula is C11H20N2O3S. The fraction of sp³-hybridized carbons (Fsp3) is 0.818. The normalized spacial score (nSPS) is 26.2. The van der Waals surface area contributed by atoms with Gasteiger partial charge in [-0.1, -0.05) is 12.8 Å². The number of carbonyl (C=O) groups excluding carboxylic acids is 1. The van der Waals surface area contributed by atoms with Gasteiger partial charge in [-0.05, 0) is 19.1 Å². The van der Waals surface area contributed by atoms with Gasteiger partial charge < -0.3 is 16.2 Å². The summed E-state index contributed by atoms with van der Waals surface area (Å²) in [6.45, 7) is 0. The Hall–Kier alpha value is -0.750. The molecule has 0 heterocycles. The average molecular weight is 260 g/mol. The fourth-order valence-electron chi connectivity index (χ4n) is 2.11. The van der Waals surface area contributed by atoms with Crippen LogP contribution >= 0.6 is 11.8 Å². The van der Waals surface area contributed by atoms with E-state index in [1.54, 1.807) is 11.8 Å². The molecule has 0 spiro atoms. The van der Waals surface area contributed by atoms with Crippen LogP contribution in [0.5, 0.6) is 0 Å². The minimum atomic E-state index is -1.04. The molecule has 3 atom stereocenters. The van der Waals surface area contributed by atoms with Gasteiger partial charge in [-0.25, -0.2) is 0 Å². The lowest BCUT2D eigenvalue weighted by Gasteiger charge is -2.31. The van der Waals surface area contributed by atoms with E-state index in [0.29, 0.717) is 5.25 Å². The summed E-state index contributed by atoms with van der Waals surface area (Å²) >= 11 is 1.75. The number of carboxylic acids is 1. The number of carbonyl (C=O) groups is 2. The lowest BCUT2D eigenvalue weighted by molar-refractivity contribution is -0.139. The molecule has 0 aromatic rings. The first kappa shape index (κ1) is 14.3. The van der Waals surface area contributed by atoms with E-state index >= 15 is 0 Å². The zero-order valence-electron chi connectivity index (χ0n) is 10.0. The average Bonchev–Trinajstić information content (AvgIpc) is 2.28. The predicted molar refractivity (Wildman–Crippen MR) is 67.9 cm³/mol. The first-order chi connectivity index (χ1) is 8.04. The first-order valence-electron chi connectivity index (χ1n) is 5.85.